The predicted octanol–water partition coefficient (Wildman–Crippen LogP) is 3.44. The average Bonchev–Trinajstić information content (AvgIpc) is 3.34. The number of hydrogen-bond acceptors (Lipinski definition) is 4. The molecule has 2 aliphatic heterocycles. The van der Waals surface area contributed by atoms with E-state index < -0.39 is 0 Å². The van der Waals surface area contributed by atoms with Crippen LogP contribution in [0.15, 0.2) is 48.5 Å². The molecule has 0 bridgehead atoms. The van der Waals surface area contributed by atoms with E-state index in [-0.39, 0.29) is 30.3 Å². The molecule has 0 radical (unpaired) electrons. The molecule has 3 amide bonds. The van der Waals surface area contributed by atoms with E-state index in [1.807, 2.05) is 29.2 Å². The van der Waals surface area contributed by atoms with Crippen LogP contribution in [0.3, 0.4) is 0 Å². The molecule has 2 aromatic carbocycles. The van der Waals surface area contributed by atoms with Gasteiger partial charge in [0.25, 0.3) is 11.8 Å². The number of carbonyl (C=O) groups excluding carboxylic acids is 3. The van der Waals surface area contributed by atoms with Crippen LogP contribution in [0, 0.1) is 0 Å². The summed E-state index contributed by atoms with van der Waals surface area (Å²) in [6.07, 6.45) is 2.67. The van der Waals surface area contributed by atoms with Gasteiger partial charge >= 0.3 is 0 Å². The molecular formula is C23H24N2O4. The second kappa shape index (κ2) is 8.07. The molecule has 2 heterocycles. The van der Waals surface area contributed by atoms with Gasteiger partial charge in [-0.2, -0.15) is 0 Å². The molecule has 0 saturated carbocycles. The van der Waals surface area contributed by atoms with E-state index in [0.29, 0.717) is 24.0 Å². The number of carbonyl (C=O) groups is 3. The van der Waals surface area contributed by atoms with E-state index in [0.717, 1.165) is 30.7 Å². The molecule has 6 heteroatoms. The Hall–Kier alpha value is -3.15. The topological polar surface area (TPSA) is 66.9 Å². The van der Waals surface area contributed by atoms with Crippen molar-refractivity contribution in [3.8, 4) is 5.75 Å². The molecule has 0 spiro atoms. The molecule has 0 N–H and O–H groups in total. The van der Waals surface area contributed by atoms with E-state index in [2.05, 4.69) is 0 Å². The van der Waals surface area contributed by atoms with Crippen LogP contribution in [0.1, 0.15) is 58.0 Å². The van der Waals surface area contributed by atoms with Gasteiger partial charge in [-0.1, -0.05) is 24.3 Å². The molecule has 1 atom stereocenters. The first-order valence-electron chi connectivity index (χ1n) is 9.99. The lowest BCUT2D eigenvalue weighted by Gasteiger charge is -2.26. The van der Waals surface area contributed by atoms with Gasteiger partial charge in [0.2, 0.25) is 5.91 Å². The number of rotatable bonds is 6. The highest BCUT2D eigenvalue weighted by molar-refractivity contribution is 6.21. The zero-order chi connectivity index (χ0) is 20.4. The minimum atomic E-state index is -0.270. The maximum absolute atomic E-state index is 12.8. The number of methoxy groups -OCH3 is 1. The monoisotopic (exact) mass is 392 g/mol. The second-order valence-corrected chi connectivity index (χ2v) is 7.43. The van der Waals surface area contributed by atoms with Gasteiger partial charge < -0.3 is 9.64 Å². The maximum atomic E-state index is 12.8. The SMILES string of the molecule is COc1cccc([C@@H]2CCCN2C(=O)CCCN2C(=O)c3ccccc3C2=O)c1. The van der Waals surface area contributed by atoms with Crippen molar-refractivity contribution >= 4 is 17.7 Å². The third-order valence-electron chi connectivity index (χ3n) is 5.70. The number of amides is 3. The number of ether oxygens (including phenoxy) is 1. The molecule has 0 aromatic heterocycles. The fraction of sp³-hybridized carbons (Fsp3) is 0.348. The summed E-state index contributed by atoms with van der Waals surface area (Å²) in [4.78, 5) is 40.9. The molecule has 6 nitrogen and oxygen atoms in total. The summed E-state index contributed by atoms with van der Waals surface area (Å²) in [6, 6.07) is 14.7. The lowest BCUT2D eigenvalue weighted by Crippen LogP contribution is -2.33. The Morgan fingerprint density at radius 3 is 2.48 bits per heavy atom. The van der Waals surface area contributed by atoms with Crippen LogP contribution in [0.2, 0.25) is 0 Å². The van der Waals surface area contributed by atoms with Gasteiger partial charge in [0.1, 0.15) is 5.75 Å². The number of benzene rings is 2. The Morgan fingerprint density at radius 2 is 1.79 bits per heavy atom. The first-order valence-corrected chi connectivity index (χ1v) is 9.99. The van der Waals surface area contributed by atoms with Crippen LogP contribution in [0.4, 0.5) is 0 Å². The Morgan fingerprint density at radius 1 is 1.07 bits per heavy atom. The first kappa shape index (κ1) is 19.2. The largest absolute Gasteiger partial charge is 0.497 e. The Balaban J connectivity index is 1.36. The highest BCUT2D eigenvalue weighted by Gasteiger charge is 2.35. The van der Waals surface area contributed by atoms with E-state index in [9.17, 15) is 14.4 Å². The molecule has 2 aliphatic rings. The smallest absolute Gasteiger partial charge is 0.261 e. The van der Waals surface area contributed by atoms with Gasteiger partial charge in [-0.3, -0.25) is 19.3 Å². The Labute approximate surface area is 170 Å². The van der Waals surface area contributed by atoms with Crippen LogP contribution in [0.5, 0.6) is 5.75 Å². The molecule has 150 valence electrons. The molecule has 0 unspecified atom stereocenters. The summed E-state index contributed by atoms with van der Waals surface area (Å²) in [5, 5.41) is 0. The summed E-state index contributed by atoms with van der Waals surface area (Å²) in [5.74, 6) is 0.307. The number of fused-ring (bicyclic) bond motifs is 1. The van der Waals surface area contributed by atoms with Crippen molar-refractivity contribution in [1.29, 1.82) is 0 Å². The lowest BCUT2D eigenvalue weighted by atomic mass is 10.0. The van der Waals surface area contributed by atoms with Gasteiger partial charge in [-0.05, 0) is 49.1 Å². The number of hydrogen-bond donors (Lipinski definition) is 0. The lowest BCUT2D eigenvalue weighted by molar-refractivity contribution is -0.132. The van der Waals surface area contributed by atoms with Crippen molar-refractivity contribution < 1.29 is 19.1 Å². The molecule has 1 fully saturated rings. The van der Waals surface area contributed by atoms with Crippen LogP contribution in [0.25, 0.3) is 0 Å². The Bertz CT molecular complexity index is 920. The van der Waals surface area contributed by atoms with Crippen molar-refractivity contribution in [3.05, 3.63) is 65.2 Å². The van der Waals surface area contributed by atoms with Gasteiger partial charge in [0.15, 0.2) is 0 Å². The fourth-order valence-electron chi connectivity index (χ4n) is 4.23. The zero-order valence-corrected chi connectivity index (χ0v) is 16.5. The third-order valence-corrected chi connectivity index (χ3v) is 5.70. The van der Waals surface area contributed by atoms with Gasteiger partial charge in [-0.25, -0.2) is 0 Å². The summed E-state index contributed by atoms with van der Waals surface area (Å²) in [6.45, 7) is 0.990. The summed E-state index contributed by atoms with van der Waals surface area (Å²) in [7, 11) is 1.63. The molecule has 29 heavy (non-hydrogen) atoms. The molecule has 2 aromatic rings. The van der Waals surface area contributed by atoms with Crippen LogP contribution >= 0.6 is 0 Å². The molecular weight excluding hydrogens is 368 g/mol. The van der Waals surface area contributed by atoms with Crippen molar-refractivity contribution in [2.24, 2.45) is 0 Å². The van der Waals surface area contributed by atoms with Crippen molar-refractivity contribution in [2.75, 3.05) is 20.2 Å². The number of likely N-dealkylation sites (tertiary alicyclic amines) is 1. The highest BCUT2D eigenvalue weighted by Crippen LogP contribution is 2.34. The minimum Gasteiger partial charge on any atom is -0.497 e. The Kier molecular flexibility index (Phi) is 5.34. The molecule has 4 rings (SSSR count). The average molecular weight is 392 g/mol. The van der Waals surface area contributed by atoms with Crippen molar-refractivity contribution in [2.45, 2.75) is 31.7 Å². The zero-order valence-electron chi connectivity index (χ0n) is 16.5. The normalized spacial score (nSPS) is 18.3. The number of nitrogens with zero attached hydrogens (tertiary/aromatic N) is 2. The van der Waals surface area contributed by atoms with Crippen LogP contribution < -0.4 is 4.74 Å². The minimum absolute atomic E-state index is 0.0527. The fourth-order valence-corrected chi connectivity index (χ4v) is 4.23. The van der Waals surface area contributed by atoms with Crippen molar-refractivity contribution in [1.82, 2.24) is 9.80 Å². The molecule has 1 saturated heterocycles. The summed E-state index contributed by atoms with van der Waals surface area (Å²) in [5.41, 5.74) is 1.97. The van der Waals surface area contributed by atoms with E-state index >= 15 is 0 Å². The summed E-state index contributed by atoms with van der Waals surface area (Å²) >= 11 is 0. The predicted molar refractivity (Wildman–Crippen MR) is 108 cm³/mol. The quantitative estimate of drug-likeness (QED) is 0.707. The van der Waals surface area contributed by atoms with E-state index in [4.69, 9.17) is 4.74 Å². The maximum Gasteiger partial charge on any atom is 0.261 e. The van der Waals surface area contributed by atoms with E-state index in [1.54, 1.807) is 31.4 Å². The van der Waals surface area contributed by atoms with Crippen molar-refractivity contribution in [3.63, 3.8) is 0 Å². The number of imide groups is 1. The standard InChI is InChI=1S/C23H24N2O4/c1-29-17-8-4-7-16(15-17)20-11-5-13-24(20)21(26)12-6-14-25-22(27)18-9-2-3-10-19(18)23(25)28/h2-4,7-10,15,20H,5-6,11-14H2,1H3/t20-/m0/s1. The van der Waals surface area contributed by atoms with E-state index in [1.165, 1.54) is 4.90 Å². The highest BCUT2D eigenvalue weighted by atomic mass is 16.5. The third kappa shape index (κ3) is 3.62. The first-order chi connectivity index (χ1) is 14.1. The van der Waals surface area contributed by atoms with Gasteiger partial charge in [-0.15, -0.1) is 0 Å². The van der Waals surface area contributed by atoms with Gasteiger partial charge in [0, 0.05) is 19.5 Å². The molecule has 0 aliphatic carbocycles. The summed E-state index contributed by atoms with van der Waals surface area (Å²) < 4.78 is 5.31. The second-order valence-electron chi connectivity index (χ2n) is 7.43. The van der Waals surface area contributed by atoms with Crippen LogP contribution in [-0.2, 0) is 4.79 Å². The van der Waals surface area contributed by atoms with Gasteiger partial charge in [0.05, 0.1) is 24.3 Å². The van der Waals surface area contributed by atoms with Crippen LogP contribution in [-0.4, -0.2) is 47.7 Å².